The van der Waals surface area contributed by atoms with Gasteiger partial charge in [-0.05, 0) is 26.0 Å². The molecule has 0 amide bonds. The topological polar surface area (TPSA) is 117 Å². The molecule has 0 aliphatic rings. The average Bonchev–Trinajstić information content (AvgIpc) is 3.02. The van der Waals surface area contributed by atoms with Crippen molar-refractivity contribution in [3.05, 3.63) is 62.8 Å². The molecule has 0 radical (unpaired) electrons. The molecule has 2 heterocycles. The Kier molecular flexibility index (Phi) is 4.93. The number of hydrazone groups is 1. The molecule has 2 aromatic heterocycles. The lowest BCUT2D eigenvalue weighted by atomic mass is 10.1. The number of para-hydroxylation sites is 1. The van der Waals surface area contributed by atoms with E-state index in [9.17, 15) is 14.7 Å². The van der Waals surface area contributed by atoms with Crippen molar-refractivity contribution in [3.8, 4) is 5.75 Å². The largest absolute Gasteiger partial charge is 0.507 e. The molecule has 0 bridgehead atoms. The molecule has 3 N–H and O–H groups in total. The van der Waals surface area contributed by atoms with E-state index in [1.54, 1.807) is 35.8 Å². The number of nitrogens with one attached hydrogen (secondary N) is 2. The van der Waals surface area contributed by atoms with Crippen molar-refractivity contribution in [1.82, 2.24) is 19.1 Å². The highest BCUT2D eigenvalue weighted by atomic mass is 16.3. The third kappa shape index (κ3) is 3.39. The minimum Gasteiger partial charge on any atom is -0.507 e. The number of hydrogen-bond donors (Lipinski definition) is 3. The summed E-state index contributed by atoms with van der Waals surface area (Å²) in [6.07, 6.45) is 3.71. The van der Waals surface area contributed by atoms with Gasteiger partial charge in [0.2, 0.25) is 5.95 Å². The van der Waals surface area contributed by atoms with Gasteiger partial charge in [0.15, 0.2) is 11.2 Å². The number of fused-ring (bicyclic) bond motifs is 1. The lowest BCUT2D eigenvalue weighted by Crippen LogP contribution is -2.29. The first kappa shape index (κ1) is 18.2. The van der Waals surface area contributed by atoms with E-state index >= 15 is 0 Å². The Morgan fingerprint density at radius 3 is 2.81 bits per heavy atom. The van der Waals surface area contributed by atoms with E-state index in [0.29, 0.717) is 23.8 Å². The second kappa shape index (κ2) is 7.32. The van der Waals surface area contributed by atoms with Gasteiger partial charge in [0, 0.05) is 19.2 Å². The van der Waals surface area contributed by atoms with Crippen LogP contribution in [0.4, 0.5) is 5.95 Å². The average molecular weight is 368 g/mol. The number of phenolic OH excluding ortho intramolecular Hbond substituents is 1. The number of rotatable bonds is 5. The number of aromatic hydroxyl groups is 1. The predicted octanol–water partition coefficient (Wildman–Crippen LogP) is 1.54. The Labute approximate surface area is 154 Å². The molecule has 0 aliphatic carbocycles. The van der Waals surface area contributed by atoms with Gasteiger partial charge in [-0.15, -0.1) is 0 Å². The van der Waals surface area contributed by atoms with Crippen LogP contribution in [0, 0.1) is 0 Å². The third-order valence-corrected chi connectivity index (χ3v) is 4.15. The number of imidazole rings is 1. The number of hydrogen-bond acceptors (Lipinski definition) is 6. The van der Waals surface area contributed by atoms with Gasteiger partial charge in [0.05, 0.1) is 5.71 Å². The van der Waals surface area contributed by atoms with Crippen molar-refractivity contribution in [1.29, 1.82) is 0 Å². The number of nitrogens with zero attached hydrogens (tertiary/aromatic N) is 4. The van der Waals surface area contributed by atoms with Crippen molar-refractivity contribution >= 4 is 22.8 Å². The van der Waals surface area contributed by atoms with Crippen LogP contribution in [-0.2, 0) is 13.6 Å². The lowest BCUT2D eigenvalue weighted by Gasteiger charge is -2.07. The molecule has 0 aliphatic heterocycles. The molecule has 0 atom stereocenters. The molecule has 0 fully saturated rings. The molecule has 0 saturated carbocycles. The van der Waals surface area contributed by atoms with Gasteiger partial charge in [-0.3, -0.25) is 18.9 Å². The minimum atomic E-state index is -0.538. The zero-order valence-electron chi connectivity index (χ0n) is 15.2. The summed E-state index contributed by atoms with van der Waals surface area (Å²) in [6.45, 7) is 3.98. The zero-order valence-corrected chi connectivity index (χ0v) is 15.2. The maximum Gasteiger partial charge on any atom is 0.329 e. The second-order valence-corrected chi connectivity index (χ2v) is 5.93. The van der Waals surface area contributed by atoms with E-state index in [2.05, 4.69) is 20.5 Å². The summed E-state index contributed by atoms with van der Waals surface area (Å²) in [5, 5.41) is 14.2. The van der Waals surface area contributed by atoms with E-state index < -0.39 is 11.2 Å². The number of phenols is 1. The van der Waals surface area contributed by atoms with E-state index in [4.69, 9.17) is 0 Å². The predicted molar refractivity (Wildman–Crippen MR) is 104 cm³/mol. The summed E-state index contributed by atoms with van der Waals surface area (Å²) in [7, 11) is 1.54. The van der Waals surface area contributed by atoms with Crippen LogP contribution in [0.1, 0.15) is 19.4 Å². The molecule has 0 unspecified atom stereocenters. The van der Waals surface area contributed by atoms with E-state index in [-0.39, 0.29) is 16.9 Å². The van der Waals surface area contributed by atoms with E-state index in [0.717, 1.165) is 0 Å². The quantitative estimate of drug-likeness (QED) is 0.359. The number of H-pyrrole nitrogens is 1. The van der Waals surface area contributed by atoms with Crippen LogP contribution < -0.4 is 16.7 Å². The third-order valence-electron chi connectivity index (χ3n) is 4.15. The summed E-state index contributed by atoms with van der Waals surface area (Å²) in [5.41, 5.74) is 3.43. The molecule has 1 aromatic carbocycles. The van der Waals surface area contributed by atoms with Gasteiger partial charge >= 0.3 is 5.69 Å². The smallest absolute Gasteiger partial charge is 0.329 e. The molecule has 140 valence electrons. The first-order valence-corrected chi connectivity index (χ1v) is 8.33. The van der Waals surface area contributed by atoms with Crippen LogP contribution in [0.5, 0.6) is 5.75 Å². The van der Waals surface area contributed by atoms with Crippen LogP contribution in [0.25, 0.3) is 11.2 Å². The number of aromatic amines is 1. The Hall–Kier alpha value is -3.62. The zero-order chi connectivity index (χ0) is 19.6. The molecular weight excluding hydrogens is 348 g/mol. The summed E-state index contributed by atoms with van der Waals surface area (Å²) in [5.74, 6) is 0.423. The van der Waals surface area contributed by atoms with Crippen LogP contribution in [0.3, 0.4) is 0 Å². The molecule has 9 nitrogen and oxygen atoms in total. The fourth-order valence-corrected chi connectivity index (χ4v) is 2.68. The van der Waals surface area contributed by atoms with Gasteiger partial charge < -0.3 is 5.11 Å². The molecule has 0 saturated heterocycles. The highest BCUT2D eigenvalue weighted by molar-refractivity contribution is 6.01. The summed E-state index contributed by atoms with van der Waals surface area (Å²) < 4.78 is 2.91. The second-order valence-electron chi connectivity index (χ2n) is 5.93. The number of allylic oxidation sites excluding steroid dienone is 2. The Morgan fingerprint density at radius 2 is 2.11 bits per heavy atom. The summed E-state index contributed by atoms with van der Waals surface area (Å²) in [4.78, 5) is 30.8. The van der Waals surface area contributed by atoms with Crippen molar-refractivity contribution in [2.24, 2.45) is 12.1 Å². The first-order chi connectivity index (χ1) is 12.9. The Bertz CT molecular complexity index is 1170. The van der Waals surface area contributed by atoms with Crippen LogP contribution in [-0.4, -0.2) is 29.9 Å². The highest BCUT2D eigenvalue weighted by Crippen LogP contribution is 2.18. The molecule has 3 aromatic rings. The summed E-state index contributed by atoms with van der Waals surface area (Å²) in [6, 6.07) is 6.84. The number of aryl methyl sites for hydroxylation is 1. The first-order valence-electron chi connectivity index (χ1n) is 8.33. The van der Waals surface area contributed by atoms with Crippen LogP contribution in [0.15, 0.2) is 51.1 Å². The minimum absolute atomic E-state index is 0.113. The Morgan fingerprint density at radius 1 is 1.37 bits per heavy atom. The number of anilines is 1. The lowest BCUT2D eigenvalue weighted by molar-refractivity contribution is 0.474. The SMILES string of the molecule is C/C=C/Cn1c(N/N=C(/C)c2ccccc2O)nc2c1c(=O)[nH]c(=O)n2C. The fourth-order valence-electron chi connectivity index (χ4n) is 2.68. The Balaban J connectivity index is 2.11. The van der Waals surface area contributed by atoms with Crippen molar-refractivity contribution in [3.63, 3.8) is 0 Å². The molecule has 9 heteroatoms. The van der Waals surface area contributed by atoms with Gasteiger partial charge in [0.25, 0.3) is 5.56 Å². The highest BCUT2D eigenvalue weighted by Gasteiger charge is 2.16. The molecule has 3 rings (SSSR count). The standard InChI is InChI=1S/C18H20N6O3/c1-4-5-10-24-14-15(23(3)18(27)20-16(14)26)19-17(24)22-21-11(2)12-8-6-7-9-13(12)25/h4-9,25H,10H2,1-3H3,(H,19,22)(H,20,26,27)/b5-4+,21-11-. The van der Waals surface area contributed by atoms with Gasteiger partial charge in [0.1, 0.15) is 5.75 Å². The van der Waals surface area contributed by atoms with E-state index in [1.165, 1.54) is 11.6 Å². The van der Waals surface area contributed by atoms with Crippen molar-refractivity contribution < 1.29 is 5.11 Å². The van der Waals surface area contributed by atoms with E-state index in [1.807, 2.05) is 19.1 Å². The fraction of sp³-hybridized carbons (Fsp3) is 0.222. The molecular formula is C18H20N6O3. The summed E-state index contributed by atoms with van der Waals surface area (Å²) >= 11 is 0. The monoisotopic (exact) mass is 368 g/mol. The van der Waals surface area contributed by atoms with Crippen LogP contribution >= 0.6 is 0 Å². The van der Waals surface area contributed by atoms with Crippen molar-refractivity contribution in [2.75, 3.05) is 5.43 Å². The van der Waals surface area contributed by atoms with Gasteiger partial charge in [-0.1, -0.05) is 24.3 Å². The maximum atomic E-state index is 12.3. The number of aromatic nitrogens is 4. The molecule has 0 spiro atoms. The van der Waals surface area contributed by atoms with Gasteiger partial charge in [-0.25, -0.2) is 10.2 Å². The normalized spacial score (nSPS) is 12.2. The van der Waals surface area contributed by atoms with Crippen molar-refractivity contribution in [2.45, 2.75) is 20.4 Å². The molecule has 27 heavy (non-hydrogen) atoms. The maximum absolute atomic E-state index is 12.3. The van der Waals surface area contributed by atoms with Gasteiger partial charge in [-0.2, -0.15) is 10.1 Å². The number of benzene rings is 1. The van der Waals surface area contributed by atoms with Crippen LogP contribution in [0.2, 0.25) is 0 Å².